The molecule has 3 aromatic rings. The van der Waals surface area contributed by atoms with Crippen LogP contribution in [0.3, 0.4) is 0 Å². The molecule has 1 saturated carbocycles. The van der Waals surface area contributed by atoms with Crippen LogP contribution in [-0.2, 0) is 16.4 Å². The van der Waals surface area contributed by atoms with Crippen molar-refractivity contribution in [2.24, 2.45) is 5.73 Å². The fourth-order valence-electron chi connectivity index (χ4n) is 3.57. The van der Waals surface area contributed by atoms with Crippen LogP contribution in [0.15, 0.2) is 65.0 Å². The zero-order chi connectivity index (χ0) is 21.4. The Kier molecular flexibility index (Phi) is 5.25. The van der Waals surface area contributed by atoms with Crippen molar-refractivity contribution >= 4 is 32.4 Å². The van der Waals surface area contributed by atoms with Crippen LogP contribution in [0.4, 0.5) is 5.13 Å². The predicted octanol–water partition coefficient (Wildman–Crippen LogP) is 3.22. The number of hydrogen-bond acceptors (Lipinski definition) is 6. The van der Waals surface area contributed by atoms with E-state index in [1.54, 1.807) is 18.7 Å². The lowest BCUT2D eigenvalue weighted by atomic mass is 10.0. The van der Waals surface area contributed by atoms with Gasteiger partial charge in [-0.3, -0.25) is 4.79 Å². The van der Waals surface area contributed by atoms with Crippen LogP contribution in [-0.4, -0.2) is 32.0 Å². The van der Waals surface area contributed by atoms with Crippen LogP contribution in [0.1, 0.15) is 28.8 Å². The van der Waals surface area contributed by atoms with Gasteiger partial charge >= 0.3 is 0 Å². The molecule has 0 radical (unpaired) electrons. The van der Waals surface area contributed by atoms with Crippen LogP contribution in [0.2, 0.25) is 0 Å². The van der Waals surface area contributed by atoms with E-state index in [2.05, 4.69) is 4.98 Å². The van der Waals surface area contributed by atoms with Gasteiger partial charge in [0.2, 0.25) is 5.91 Å². The van der Waals surface area contributed by atoms with Crippen molar-refractivity contribution in [2.45, 2.75) is 29.7 Å². The van der Waals surface area contributed by atoms with Crippen LogP contribution in [0, 0.1) is 0 Å². The molecular formula is C21H21N3O4S2. The van der Waals surface area contributed by atoms with Crippen molar-refractivity contribution in [2.75, 3.05) is 11.4 Å². The van der Waals surface area contributed by atoms with Gasteiger partial charge in [-0.2, -0.15) is 0 Å². The predicted molar refractivity (Wildman–Crippen MR) is 115 cm³/mol. The highest BCUT2D eigenvalue weighted by Gasteiger charge is 2.54. The summed E-state index contributed by atoms with van der Waals surface area (Å²) in [6.45, 7) is 0. The average Bonchev–Trinajstić information content (AvgIpc) is 3.29. The Labute approximate surface area is 179 Å². The number of aromatic nitrogens is 1. The highest BCUT2D eigenvalue weighted by Crippen LogP contribution is 2.50. The van der Waals surface area contributed by atoms with Gasteiger partial charge in [0.1, 0.15) is 5.75 Å². The van der Waals surface area contributed by atoms with Crippen molar-refractivity contribution in [3.05, 3.63) is 71.2 Å². The monoisotopic (exact) mass is 443 g/mol. The second kappa shape index (κ2) is 7.73. The Hall–Kier alpha value is -2.91. The highest BCUT2D eigenvalue weighted by atomic mass is 32.2. The van der Waals surface area contributed by atoms with Gasteiger partial charge in [-0.25, -0.2) is 17.7 Å². The summed E-state index contributed by atoms with van der Waals surface area (Å²) < 4.78 is 34.3. The number of hydrogen-bond donors (Lipinski definition) is 1. The summed E-state index contributed by atoms with van der Waals surface area (Å²) in [6, 6.07) is 13.3. The van der Waals surface area contributed by atoms with E-state index in [-0.39, 0.29) is 10.5 Å². The number of para-hydroxylation sites is 1. The van der Waals surface area contributed by atoms with Gasteiger partial charge in [0.25, 0.3) is 10.0 Å². The number of thiazole rings is 1. The van der Waals surface area contributed by atoms with Crippen molar-refractivity contribution in [1.29, 1.82) is 0 Å². The van der Waals surface area contributed by atoms with Crippen molar-refractivity contribution in [3.8, 4) is 5.75 Å². The molecule has 1 amide bonds. The minimum atomic E-state index is -3.91. The van der Waals surface area contributed by atoms with Crippen LogP contribution >= 0.6 is 11.3 Å². The van der Waals surface area contributed by atoms with Gasteiger partial charge in [0.05, 0.1) is 17.5 Å². The number of ether oxygens (including phenoxy) is 1. The molecule has 30 heavy (non-hydrogen) atoms. The Morgan fingerprint density at radius 3 is 2.47 bits per heavy atom. The van der Waals surface area contributed by atoms with Crippen LogP contribution < -0.4 is 14.8 Å². The maximum Gasteiger partial charge on any atom is 0.266 e. The first kappa shape index (κ1) is 20.4. The van der Waals surface area contributed by atoms with Gasteiger partial charge in [-0.15, -0.1) is 11.3 Å². The van der Waals surface area contributed by atoms with Gasteiger partial charge in [-0.05, 0) is 48.7 Å². The fourth-order valence-corrected chi connectivity index (χ4v) is 6.35. The number of sulfonamides is 1. The number of carbonyl (C=O) groups excluding carboxylic acids is 1. The standard InChI is InChI=1S/C21H21N3O4S2/c1-28-18-5-3-2-4-16(18)14-21(10-11-21)24(20-23-12-13-29-20)30(26,27)17-8-6-15(7-9-17)19(22)25/h2-9,12-13H,10-11,14H2,1H3,(H2,22,25). The normalized spacial score (nSPS) is 14.8. The van der Waals surface area contributed by atoms with E-state index < -0.39 is 21.5 Å². The number of methoxy groups -OCH3 is 1. The van der Waals surface area contributed by atoms with E-state index in [4.69, 9.17) is 10.5 Å². The quantitative estimate of drug-likeness (QED) is 0.576. The number of primary amides is 1. The molecule has 2 aromatic carbocycles. The zero-order valence-electron chi connectivity index (χ0n) is 16.3. The summed E-state index contributed by atoms with van der Waals surface area (Å²) in [4.78, 5) is 15.8. The molecule has 9 heteroatoms. The number of anilines is 1. The molecule has 1 heterocycles. The summed E-state index contributed by atoms with van der Waals surface area (Å²) in [6.07, 6.45) is 3.53. The molecule has 0 atom stereocenters. The Morgan fingerprint density at radius 1 is 1.20 bits per heavy atom. The first-order valence-electron chi connectivity index (χ1n) is 9.34. The molecule has 0 bridgehead atoms. The second-order valence-corrected chi connectivity index (χ2v) is 9.85. The van der Waals surface area contributed by atoms with E-state index in [1.807, 2.05) is 24.3 Å². The molecule has 0 unspecified atom stereocenters. The number of nitrogens with zero attached hydrogens (tertiary/aromatic N) is 2. The van der Waals surface area contributed by atoms with Gasteiger partial charge < -0.3 is 10.5 Å². The molecular weight excluding hydrogens is 422 g/mol. The second-order valence-electron chi connectivity index (χ2n) is 7.19. The van der Waals surface area contributed by atoms with E-state index in [9.17, 15) is 13.2 Å². The molecule has 0 spiro atoms. The molecule has 2 N–H and O–H groups in total. The number of carbonyl (C=O) groups is 1. The van der Waals surface area contributed by atoms with Gasteiger partial charge in [-0.1, -0.05) is 18.2 Å². The average molecular weight is 444 g/mol. The summed E-state index contributed by atoms with van der Waals surface area (Å²) in [5, 5.41) is 2.18. The SMILES string of the molecule is COc1ccccc1CC1(N(c2nccs2)S(=O)(=O)c2ccc(C(N)=O)cc2)CC1. The lowest BCUT2D eigenvalue weighted by molar-refractivity contribution is 0.1000. The first-order chi connectivity index (χ1) is 14.4. The Bertz CT molecular complexity index is 1160. The Balaban J connectivity index is 1.76. The third-order valence-corrected chi connectivity index (χ3v) is 8.02. The smallest absolute Gasteiger partial charge is 0.266 e. The molecule has 4 rings (SSSR count). The van der Waals surface area contributed by atoms with Gasteiger partial charge in [0, 0.05) is 23.6 Å². The molecule has 156 valence electrons. The molecule has 1 fully saturated rings. The molecule has 1 aromatic heterocycles. The fraction of sp³-hybridized carbons (Fsp3) is 0.238. The molecule has 0 saturated heterocycles. The molecule has 0 aliphatic heterocycles. The summed E-state index contributed by atoms with van der Waals surface area (Å²) >= 11 is 1.28. The Morgan fingerprint density at radius 2 is 1.90 bits per heavy atom. The van der Waals surface area contributed by atoms with Crippen molar-refractivity contribution < 1.29 is 17.9 Å². The van der Waals surface area contributed by atoms with E-state index in [1.165, 1.54) is 39.9 Å². The number of benzene rings is 2. The largest absolute Gasteiger partial charge is 0.496 e. The van der Waals surface area contributed by atoms with Crippen molar-refractivity contribution in [3.63, 3.8) is 0 Å². The minimum absolute atomic E-state index is 0.0917. The maximum absolute atomic E-state index is 13.7. The third kappa shape index (κ3) is 3.66. The summed E-state index contributed by atoms with van der Waals surface area (Å²) in [5.74, 6) is 0.122. The van der Waals surface area contributed by atoms with Gasteiger partial charge in [0.15, 0.2) is 5.13 Å². The van der Waals surface area contributed by atoms with Crippen LogP contribution in [0.25, 0.3) is 0 Å². The molecule has 1 aliphatic rings. The molecule has 1 aliphatic carbocycles. The van der Waals surface area contributed by atoms with E-state index >= 15 is 0 Å². The summed E-state index contributed by atoms with van der Waals surface area (Å²) in [5.41, 5.74) is 5.86. The van der Waals surface area contributed by atoms with Crippen LogP contribution in [0.5, 0.6) is 5.75 Å². The number of amides is 1. The maximum atomic E-state index is 13.7. The summed E-state index contributed by atoms with van der Waals surface area (Å²) in [7, 11) is -2.31. The number of rotatable bonds is 8. The van der Waals surface area contributed by atoms with E-state index in [0.29, 0.717) is 24.4 Å². The van der Waals surface area contributed by atoms with E-state index in [0.717, 1.165) is 11.3 Å². The first-order valence-corrected chi connectivity index (χ1v) is 11.7. The lowest BCUT2D eigenvalue weighted by Crippen LogP contribution is -2.44. The minimum Gasteiger partial charge on any atom is -0.496 e. The number of nitrogens with two attached hydrogens (primary N) is 1. The topological polar surface area (TPSA) is 103 Å². The highest BCUT2D eigenvalue weighted by molar-refractivity contribution is 7.93. The van der Waals surface area contributed by atoms with Crippen molar-refractivity contribution in [1.82, 2.24) is 4.98 Å². The third-order valence-electron chi connectivity index (χ3n) is 5.24. The molecule has 7 nitrogen and oxygen atoms in total. The lowest BCUT2D eigenvalue weighted by Gasteiger charge is -2.31. The zero-order valence-corrected chi connectivity index (χ0v) is 17.9.